The first-order valence-electron chi connectivity index (χ1n) is 5.77. The zero-order valence-corrected chi connectivity index (χ0v) is 10.3. The second-order valence-electron chi connectivity index (χ2n) is 4.78. The van der Waals surface area contributed by atoms with Gasteiger partial charge in [0.2, 0.25) is 0 Å². The van der Waals surface area contributed by atoms with E-state index in [1.54, 1.807) is 0 Å². The Kier molecular flexibility index (Phi) is 3.53. The van der Waals surface area contributed by atoms with Gasteiger partial charge in [0.25, 0.3) is 0 Å². The first-order valence-corrected chi connectivity index (χ1v) is 6.14. The van der Waals surface area contributed by atoms with Crippen molar-refractivity contribution in [3.8, 4) is 0 Å². The summed E-state index contributed by atoms with van der Waals surface area (Å²) in [5.41, 5.74) is 1.26. The third-order valence-electron chi connectivity index (χ3n) is 3.36. The number of aliphatic hydroxyl groups excluding tert-OH is 1. The largest absolute Gasteiger partial charge is 0.394 e. The fourth-order valence-electron chi connectivity index (χ4n) is 1.84. The van der Waals surface area contributed by atoms with E-state index in [1.165, 1.54) is 5.56 Å². The Hall–Kier alpha value is -0.570. The molecule has 1 atom stereocenters. The molecule has 1 saturated carbocycles. The zero-order chi connectivity index (χ0) is 11.6. The highest BCUT2D eigenvalue weighted by molar-refractivity contribution is 6.30. The molecule has 2 rings (SSSR count). The molecule has 2 N–H and O–H groups in total. The van der Waals surface area contributed by atoms with Gasteiger partial charge in [0.1, 0.15) is 0 Å². The second kappa shape index (κ2) is 4.74. The number of hydrogen-bond donors (Lipinski definition) is 2. The van der Waals surface area contributed by atoms with E-state index in [1.807, 2.05) is 18.2 Å². The normalized spacial score (nSPS) is 19.4. The summed E-state index contributed by atoms with van der Waals surface area (Å²) in [7, 11) is 0. The molecule has 3 heteroatoms. The van der Waals surface area contributed by atoms with Crippen LogP contribution in [0, 0.1) is 0 Å². The van der Waals surface area contributed by atoms with Gasteiger partial charge in [-0.25, -0.2) is 0 Å². The molecule has 0 heterocycles. The highest BCUT2D eigenvalue weighted by Crippen LogP contribution is 2.35. The highest BCUT2D eigenvalue weighted by Gasteiger charge is 2.41. The van der Waals surface area contributed by atoms with Gasteiger partial charge in [-0.3, -0.25) is 0 Å². The van der Waals surface area contributed by atoms with Crippen molar-refractivity contribution in [3.63, 3.8) is 0 Å². The van der Waals surface area contributed by atoms with Crippen molar-refractivity contribution >= 4 is 11.6 Å². The van der Waals surface area contributed by atoms with Crippen LogP contribution in [0.3, 0.4) is 0 Å². The molecule has 0 bridgehead atoms. The monoisotopic (exact) mass is 239 g/mol. The van der Waals surface area contributed by atoms with Gasteiger partial charge in [0, 0.05) is 17.1 Å². The van der Waals surface area contributed by atoms with Gasteiger partial charge < -0.3 is 10.4 Å². The molecule has 1 fully saturated rings. The Morgan fingerprint density at radius 1 is 1.50 bits per heavy atom. The van der Waals surface area contributed by atoms with E-state index >= 15 is 0 Å². The number of hydrogen-bond acceptors (Lipinski definition) is 2. The molecule has 1 aromatic carbocycles. The van der Waals surface area contributed by atoms with Crippen molar-refractivity contribution in [1.82, 2.24) is 5.32 Å². The maximum atomic E-state index is 9.20. The van der Waals surface area contributed by atoms with Crippen LogP contribution in [0.4, 0.5) is 0 Å². The van der Waals surface area contributed by atoms with Crippen LogP contribution in [-0.4, -0.2) is 23.8 Å². The minimum Gasteiger partial charge on any atom is -0.394 e. The van der Waals surface area contributed by atoms with E-state index in [9.17, 15) is 5.11 Å². The lowest BCUT2D eigenvalue weighted by molar-refractivity contribution is 0.229. The van der Waals surface area contributed by atoms with Gasteiger partial charge in [-0.1, -0.05) is 30.7 Å². The van der Waals surface area contributed by atoms with Crippen molar-refractivity contribution in [2.75, 3.05) is 13.2 Å². The number of aliphatic hydroxyl groups is 1. The Balaban J connectivity index is 1.90. The molecule has 0 radical (unpaired) electrons. The minimum absolute atomic E-state index is 0.0207. The van der Waals surface area contributed by atoms with Gasteiger partial charge in [-0.2, -0.15) is 0 Å². The number of rotatable bonds is 5. The Labute approximate surface area is 102 Å². The van der Waals surface area contributed by atoms with Crippen LogP contribution in [-0.2, 0) is 0 Å². The van der Waals surface area contributed by atoms with E-state index in [0.29, 0.717) is 5.92 Å². The highest BCUT2D eigenvalue weighted by atomic mass is 35.5. The number of halogens is 1. The quantitative estimate of drug-likeness (QED) is 0.828. The lowest BCUT2D eigenvalue weighted by Crippen LogP contribution is -2.37. The third-order valence-corrected chi connectivity index (χ3v) is 3.59. The van der Waals surface area contributed by atoms with Crippen molar-refractivity contribution in [2.45, 2.75) is 31.2 Å². The molecule has 1 aromatic rings. The summed E-state index contributed by atoms with van der Waals surface area (Å²) < 4.78 is 0. The van der Waals surface area contributed by atoms with Crippen LogP contribution >= 0.6 is 11.6 Å². The SMILES string of the molecule is CC(CNC1(CO)CC1)c1cccc(Cl)c1. The Morgan fingerprint density at radius 3 is 2.81 bits per heavy atom. The molecule has 0 aromatic heterocycles. The fourth-order valence-corrected chi connectivity index (χ4v) is 2.04. The fraction of sp³-hybridized carbons (Fsp3) is 0.538. The first-order chi connectivity index (χ1) is 7.65. The molecule has 0 aliphatic heterocycles. The molecule has 88 valence electrons. The van der Waals surface area contributed by atoms with Crippen molar-refractivity contribution in [1.29, 1.82) is 0 Å². The average molecular weight is 240 g/mol. The Morgan fingerprint density at radius 2 is 2.25 bits per heavy atom. The summed E-state index contributed by atoms with van der Waals surface area (Å²) in [6.45, 7) is 3.31. The maximum Gasteiger partial charge on any atom is 0.0613 e. The third kappa shape index (κ3) is 2.76. The zero-order valence-electron chi connectivity index (χ0n) is 9.54. The van der Waals surface area contributed by atoms with Crippen LogP contribution in [0.2, 0.25) is 5.02 Å². The van der Waals surface area contributed by atoms with E-state index in [-0.39, 0.29) is 12.1 Å². The molecule has 16 heavy (non-hydrogen) atoms. The van der Waals surface area contributed by atoms with Crippen LogP contribution < -0.4 is 5.32 Å². The summed E-state index contributed by atoms with van der Waals surface area (Å²) in [6.07, 6.45) is 2.18. The molecular weight excluding hydrogens is 222 g/mol. The average Bonchev–Trinajstić information content (AvgIpc) is 3.07. The summed E-state index contributed by atoms with van der Waals surface area (Å²) in [5, 5.41) is 13.4. The molecule has 2 nitrogen and oxygen atoms in total. The smallest absolute Gasteiger partial charge is 0.0613 e. The standard InChI is InChI=1S/C13H18ClNO/c1-10(8-15-13(9-16)5-6-13)11-3-2-4-12(14)7-11/h2-4,7,10,15-16H,5-6,8-9H2,1H3. The van der Waals surface area contributed by atoms with Gasteiger partial charge in [-0.15, -0.1) is 0 Å². The van der Waals surface area contributed by atoms with Crippen molar-refractivity contribution in [2.24, 2.45) is 0 Å². The number of nitrogens with one attached hydrogen (secondary N) is 1. The van der Waals surface area contributed by atoms with Crippen molar-refractivity contribution < 1.29 is 5.11 Å². The molecule has 0 spiro atoms. The van der Waals surface area contributed by atoms with E-state index < -0.39 is 0 Å². The van der Waals surface area contributed by atoms with E-state index in [2.05, 4.69) is 18.3 Å². The van der Waals surface area contributed by atoms with E-state index in [0.717, 1.165) is 24.4 Å². The van der Waals surface area contributed by atoms with E-state index in [4.69, 9.17) is 11.6 Å². The van der Waals surface area contributed by atoms with Crippen LogP contribution in [0.25, 0.3) is 0 Å². The van der Waals surface area contributed by atoms with Gasteiger partial charge in [0.05, 0.1) is 6.61 Å². The van der Waals surface area contributed by atoms with Gasteiger partial charge in [-0.05, 0) is 36.5 Å². The van der Waals surface area contributed by atoms with Gasteiger partial charge >= 0.3 is 0 Å². The predicted octanol–water partition coefficient (Wildman–Crippen LogP) is 2.56. The summed E-state index contributed by atoms with van der Waals surface area (Å²) >= 11 is 5.96. The second-order valence-corrected chi connectivity index (χ2v) is 5.21. The lowest BCUT2D eigenvalue weighted by atomic mass is 10.0. The topological polar surface area (TPSA) is 32.3 Å². The minimum atomic E-state index is 0.0207. The summed E-state index contributed by atoms with van der Waals surface area (Å²) in [5.74, 6) is 0.419. The maximum absolute atomic E-state index is 9.20. The molecule has 0 saturated heterocycles. The lowest BCUT2D eigenvalue weighted by Gasteiger charge is -2.18. The first kappa shape index (κ1) is 11.9. The predicted molar refractivity (Wildman–Crippen MR) is 66.9 cm³/mol. The summed E-state index contributed by atoms with van der Waals surface area (Å²) in [6, 6.07) is 7.97. The van der Waals surface area contributed by atoms with Gasteiger partial charge in [0.15, 0.2) is 0 Å². The van der Waals surface area contributed by atoms with Crippen LogP contribution in [0.15, 0.2) is 24.3 Å². The molecule has 1 aliphatic carbocycles. The van der Waals surface area contributed by atoms with Crippen LogP contribution in [0.1, 0.15) is 31.2 Å². The molecule has 1 unspecified atom stereocenters. The Bertz CT molecular complexity index is 363. The molecule has 0 amide bonds. The molecule has 1 aliphatic rings. The molecular formula is C13H18ClNO. The van der Waals surface area contributed by atoms with Crippen molar-refractivity contribution in [3.05, 3.63) is 34.9 Å². The summed E-state index contributed by atoms with van der Waals surface area (Å²) in [4.78, 5) is 0. The number of benzene rings is 1. The van der Waals surface area contributed by atoms with Crippen LogP contribution in [0.5, 0.6) is 0 Å².